The molecule has 0 aliphatic rings. The van der Waals surface area contributed by atoms with Gasteiger partial charge in [0.1, 0.15) is 0 Å². The van der Waals surface area contributed by atoms with Crippen LogP contribution in [0.5, 0.6) is 0 Å². The third kappa shape index (κ3) is 3.64. The van der Waals surface area contributed by atoms with Crippen LogP contribution in [-0.4, -0.2) is 23.2 Å². The van der Waals surface area contributed by atoms with Crippen molar-refractivity contribution in [3.05, 3.63) is 65.6 Å². The minimum Gasteiger partial charge on any atom is -0.268 e. The van der Waals surface area contributed by atoms with Gasteiger partial charge in [-0.15, -0.1) is 0 Å². The van der Waals surface area contributed by atoms with Crippen molar-refractivity contribution < 1.29 is 8.42 Å². The van der Waals surface area contributed by atoms with E-state index >= 15 is 0 Å². The summed E-state index contributed by atoms with van der Waals surface area (Å²) in [5.41, 5.74) is 2.47. The van der Waals surface area contributed by atoms with Gasteiger partial charge >= 0.3 is 0 Å². The molecule has 0 fully saturated rings. The predicted molar refractivity (Wildman–Crippen MR) is 91.9 cm³/mol. The summed E-state index contributed by atoms with van der Waals surface area (Å²) in [6, 6.07) is 11.7. The Bertz CT molecular complexity index is 955. The first kappa shape index (κ1) is 16.6. The van der Waals surface area contributed by atoms with Crippen molar-refractivity contribution in [2.75, 3.05) is 0 Å². The Morgan fingerprint density at radius 3 is 2.62 bits per heavy atom. The number of halogens is 1. The molecule has 0 unspecified atom stereocenters. The lowest BCUT2D eigenvalue weighted by molar-refractivity contribution is 0.579. The summed E-state index contributed by atoms with van der Waals surface area (Å²) in [6.07, 6.45) is 3.40. The lowest BCUT2D eigenvalue weighted by atomic mass is 10.2. The summed E-state index contributed by atoms with van der Waals surface area (Å²) >= 11 is 5.85. The van der Waals surface area contributed by atoms with E-state index in [1.165, 1.54) is 12.1 Å². The molecule has 6 nitrogen and oxygen atoms in total. The number of hydrogen-bond acceptors (Lipinski definition) is 4. The van der Waals surface area contributed by atoms with Gasteiger partial charge in [-0.2, -0.15) is 5.10 Å². The van der Waals surface area contributed by atoms with Gasteiger partial charge in [-0.25, -0.2) is 13.1 Å². The zero-order chi connectivity index (χ0) is 17.2. The van der Waals surface area contributed by atoms with Crippen molar-refractivity contribution in [2.24, 2.45) is 7.05 Å². The van der Waals surface area contributed by atoms with Crippen LogP contribution in [0.25, 0.3) is 11.3 Å². The van der Waals surface area contributed by atoms with Gasteiger partial charge < -0.3 is 0 Å². The summed E-state index contributed by atoms with van der Waals surface area (Å²) in [4.78, 5) is 4.11. The topological polar surface area (TPSA) is 76.9 Å². The molecule has 0 bridgehead atoms. The standard InChI is InChI=1S/C16H15ClN4O2S/c1-21-16(12-5-7-18-8-6-12)10-14(20-21)11-19-24(22,23)15-4-2-3-13(17)9-15/h2-10,19H,11H2,1H3. The van der Waals surface area contributed by atoms with E-state index in [1.54, 1.807) is 29.2 Å². The summed E-state index contributed by atoms with van der Waals surface area (Å²) in [5, 5.41) is 4.72. The molecule has 8 heteroatoms. The van der Waals surface area contributed by atoms with Gasteiger partial charge in [-0.05, 0) is 36.4 Å². The summed E-state index contributed by atoms with van der Waals surface area (Å²) in [5.74, 6) is 0. The van der Waals surface area contributed by atoms with Crippen LogP contribution in [0, 0.1) is 0 Å². The molecular weight excluding hydrogens is 348 g/mol. The molecule has 0 spiro atoms. The van der Waals surface area contributed by atoms with Crippen LogP contribution >= 0.6 is 11.6 Å². The maximum absolute atomic E-state index is 12.3. The Kier molecular flexibility index (Phi) is 4.66. The minimum absolute atomic E-state index is 0.0910. The highest BCUT2D eigenvalue weighted by atomic mass is 35.5. The largest absolute Gasteiger partial charge is 0.268 e. The number of hydrogen-bond donors (Lipinski definition) is 1. The fourth-order valence-electron chi connectivity index (χ4n) is 2.29. The molecule has 1 N–H and O–H groups in total. The second kappa shape index (κ2) is 6.72. The number of sulfonamides is 1. The second-order valence-electron chi connectivity index (χ2n) is 5.16. The van der Waals surface area contributed by atoms with Crippen LogP contribution in [0.4, 0.5) is 0 Å². The molecule has 24 heavy (non-hydrogen) atoms. The van der Waals surface area contributed by atoms with Gasteiger partial charge in [-0.3, -0.25) is 9.67 Å². The smallest absolute Gasteiger partial charge is 0.240 e. The number of benzene rings is 1. The molecule has 0 radical (unpaired) electrons. The Morgan fingerprint density at radius 1 is 1.17 bits per heavy atom. The van der Waals surface area contributed by atoms with Crippen molar-refractivity contribution in [2.45, 2.75) is 11.4 Å². The molecular formula is C16H15ClN4O2S. The van der Waals surface area contributed by atoms with Gasteiger partial charge in [0, 0.05) is 30.0 Å². The molecule has 0 aliphatic carbocycles. The lowest BCUT2D eigenvalue weighted by Gasteiger charge is -2.05. The number of aromatic nitrogens is 3. The Morgan fingerprint density at radius 2 is 1.92 bits per heavy atom. The second-order valence-corrected chi connectivity index (χ2v) is 7.37. The van der Waals surface area contributed by atoms with Crippen LogP contribution in [0.1, 0.15) is 5.69 Å². The SMILES string of the molecule is Cn1nc(CNS(=O)(=O)c2cccc(Cl)c2)cc1-c1ccncc1. The van der Waals surface area contributed by atoms with E-state index in [4.69, 9.17) is 11.6 Å². The normalized spacial score (nSPS) is 11.6. The maximum atomic E-state index is 12.3. The van der Waals surface area contributed by atoms with Gasteiger partial charge in [0.25, 0.3) is 0 Å². The first-order valence-electron chi connectivity index (χ1n) is 7.14. The highest BCUT2D eigenvalue weighted by Gasteiger charge is 2.15. The van der Waals surface area contributed by atoms with E-state index in [0.717, 1.165) is 11.3 Å². The summed E-state index contributed by atoms with van der Waals surface area (Å²) in [6.45, 7) is 0.0910. The van der Waals surface area contributed by atoms with E-state index in [1.807, 2.05) is 25.2 Å². The number of aryl methyl sites for hydroxylation is 1. The Balaban J connectivity index is 1.78. The highest BCUT2D eigenvalue weighted by molar-refractivity contribution is 7.89. The third-order valence-electron chi connectivity index (χ3n) is 3.46. The average Bonchev–Trinajstić information content (AvgIpc) is 2.95. The Labute approximate surface area is 145 Å². The zero-order valence-corrected chi connectivity index (χ0v) is 14.4. The minimum atomic E-state index is -3.64. The first-order valence-corrected chi connectivity index (χ1v) is 9.00. The number of nitrogens with zero attached hydrogens (tertiary/aromatic N) is 3. The van der Waals surface area contributed by atoms with E-state index in [2.05, 4.69) is 14.8 Å². The number of rotatable bonds is 5. The van der Waals surface area contributed by atoms with Gasteiger partial charge in [0.2, 0.25) is 10.0 Å². The molecule has 0 saturated carbocycles. The maximum Gasteiger partial charge on any atom is 0.240 e. The lowest BCUT2D eigenvalue weighted by Crippen LogP contribution is -2.23. The number of pyridine rings is 1. The monoisotopic (exact) mass is 362 g/mol. The molecule has 124 valence electrons. The van der Waals surface area contributed by atoms with Gasteiger partial charge in [0.15, 0.2) is 0 Å². The van der Waals surface area contributed by atoms with Crippen LogP contribution in [0.3, 0.4) is 0 Å². The molecule has 0 atom stereocenters. The van der Waals surface area contributed by atoms with Gasteiger partial charge in [-0.1, -0.05) is 17.7 Å². The van der Waals surface area contributed by atoms with Crippen molar-refractivity contribution in [3.8, 4) is 11.3 Å². The average molecular weight is 363 g/mol. The third-order valence-corrected chi connectivity index (χ3v) is 5.09. The van der Waals surface area contributed by atoms with Crippen molar-refractivity contribution in [1.82, 2.24) is 19.5 Å². The van der Waals surface area contributed by atoms with Crippen molar-refractivity contribution in [3.63, 3.8) is 0 Å². The number of nitrogens with one attached hydrogen (secondary N) is 1. The van der Waals surface area contributed by atoms with E-state index in [0.29, 0.717) is 10.7 Å². The fraction of sp³-hybridized carbons (Fsp3) is 0.125. The molecule has 3 rings (SSSR count). The predicted octanol–water partition coefficient (Wildman–Crippen LogP) is 2.61. The molecule has 3 aromatic rings. The van der Waals surface area contributed by atoms with Crippen LogP contribution in [0.15, 0.2) is 59.8 Å². The van der Waals surface area contributed by atoms with E-state index in [9.17, 15) is 8.42 Å². The van der Waals surface area contributed by atoms with Crippen molar-refractivity contribution in [1.29, 1.82) is 0 Å². The molecule has 2 heterocycles. The van der Waals surface area contributed by atoms with Crippen LogP contribution in [-0.2, 0) is 23.6 Å². The summed E-state index contributed by atoms with van der Waals surface area (Å²) < 4.78 is 28.9. The molecule has 1 aromatic carbocycles. The molecule has 0 aliphatic heterocycles. The fourth-order valence-corrected chi connectivity index (χ4v) is 3.59. The quantitative estimate of drug-likeness (QED) is 0.756. The summed E-state index contributed by atoms with van der Waals surface area (Å²) in [7, 11) is -1.83. The van der Waals surface area contributed by atoms with Crippen molar-refractivity contribution >= 4 is 21.6 Å². The van der Waals surface area contributed by atoms with Crippen LogP contribution in [0.2, 0.25) is 5.02 Å². The molecule has 2 aromatic heterocycles. The highest BCUT2D eigenvalue weighted by Crippen LogP contribution is 2.19. The van der Waals surface area contributed by atoms with Crippen LogP contribution < -0.4 is 4.72 Å². The zero-order valence-electron chi connectivity index (χ0n) is 12.8. The van der Waals surface area contributed by atoms with E-state index in [-0.39, 0.29) is 11.4 Å². The first-order chi connectivity index (χ1) is 11.5. The molecule has 0 saturated heterocycles. The van der Waals surface area contributed by atoms with Gasteiger partial charge in [0.05, 0.1) is 22.8 Å². The Hall–Kier alpha value is -2.22. The molecule has 0 amide bonds. The van der Waals surface area contributed by atoms with E-state index < -0.39 is 10.0 Å².